The molecule has 3 rings (SSSR count). The van der Waals surface area contributed by atoms with Crippen molar-refractivity contribution >= 4 is 17.8 Å². The third-order valence-electron chi connectivity index (χ3n) is 6.06. The Morgan fingerprint density at radius 2 is 1.73 bits per heavy atom. The molecule has 1 fully saturated rings. The van der Waals surface area contributed by atoms with Gasteiger partial charge in [-0.05, 0) is 36.2 Å². The highest BCUT2D eigenvalue weighted by Crippen LogP contribution is 2.36. The number of aliphatic hydroxyl groups excluding tert-OH is 1. The lowest BCUT2D eigenvalue weighted by Crippen LogP contribution is -2.52. The second kappa shape index (κ2) is 12.7. The van der Waals surface area contributed by atoms with Gasteiger partial charge >= 0.3 is 5.97 Å². The third kappa shape index (κ3) is 7.51. The van der Waals surface area contributed by atoms with Gasteiger partial charge < -0.3 is 34.7 Å². The molecular weight excluding hydrogens is 480 g/mol. The van der Waals surface area contributed by atoms with Crippen molar-refractivity contribution < 1.29 is 38.4 Å². The van der Waals surface area contributed by atoms with Crippen molar-refractivity contribution in [2.75, 3.05) is 27.4 Å². The second-order valence-electron chi connectivity index (χ2n) is 9.42. The summed E-state index contributed by atoms with van der Waals surface area (Å²) >= 11 is 0. The maximum absolute atomic E-state index is 12.9. The van der Waals surface area contributed by atoms with E-state index in [0.717, 1.165) is 11.1 Å². The molecule has 0 saturated carbocycles. The smallest absolute Gasteiger partial charge is 0.337 e. The summed E-state index contributed by atoms with van der Waals surface area (Å²) in [5.74, 6) is -0.647. The van der Waals surface area contributed by atoms with E-state index in [-0.39, 0.29) is 25.4 Å². The highest BCUT2D eigenvalue weighted by molar-refractivity contribution is 5.89. The molecule has 0 bridgehead atoms. The number of aliphatic hydroxyl groups is 1. The Balaban J connectivity index is 1.46. The van der Waals surface area contributed by atoms with Gasteiger partial charge in [-0.25, -0.2) is 4.79 Å². The van der Waals surface area contributed by atoms with Crippen LogP contribution in [0.5, 0.6) is 5.75 Å². The van der Waals surface area contributed by atoms with Crippen LogP contribution in [0.1, 0.15) is 48.0 Å². The molecule has 2 aromatic carbocycles. The van der Waals surface area contributed by atoms with E-state index in [0.29, 0.717) is 17.9 Å². The number of carbonyl (C=O) groups is 3. The summed E-state index contributed by atoms with van der Waals surface area (Å²) in [6.07, 6.45) is -2.75. The van der Waals surface area contributed by atoms with E-state index < -0.39 is 35.8 Å². The molecule has 3 atom stereocenters. The highest BCUT2D eigenvalue weighted by Gasteiger charge is 2.43. The summed E-state index contributed by atoms with van der Waals surface area (Å²) < 4.78 is 21.7. The average Bonchev–Trinajstić information content (AvgIpc) is 2.91. The Bertz CT molecular complexity index is 1070. The van der Waals surface area contributed by atoms with Crippen LogP contribution < -0.4 is 15.4 Å². The zero-order chi connectivity index (χ0) is 27.0. The number of methoxy groups -OCH3 is 2. The molecular formula is C27H34N2O8. The Morgan fingerprint density at radius 3 is 2.35 bits per heavy atom. The number of benzene rings is 2. The summed E-state index contributed by atoms with van der Waals surface area (Å²) in [6.45, 7) is 4.34. The Labute approximate surface area is 216 Å². The van der Waals surface area contributed by atoms with Gasteiger partial charge in [0.25, 0.3) is 0 Å². The van der Waals surface area contributed by atoms with E-state index in [9.17, 15) is 19.5 Å². The van der Waals surface area contributed by atoms with Crippen LogP contribution in [0.15, 0.2) is 48.5 Å². The van der Waals surface area contributed by atoms with Crippen LogP contribution in [0.4, 0.5) is 0 Å². The van der Waals surface area contributed by atoms with E-state index in [4.69, 9.17) is 14.2 Å². The third-order valence-corrected chi connectivity index (χ3v) is 6.06. The van der Waals surface area contributed by atoms with Gasteiger partial charge in [-0.2, -0.15) is 0 Å². The zero-order valence-corrected chi connectivity index (χ0v) is 21.5. The fourth-order valence-electron chi connectivity index (χ4n) is 3.81. The number of ether oxygens (including phenoxy) is 4. The molecule has 37 heavy (non-hydrogen) atoms. The standard InChI is InChI=1S/C27H34N2O8/c1-27(2)16-36-26(19-9-11-20(34-3)12-10-19)37-22(27)24(32)28-14-13-21(30)23(31)29-15-17-5-7-18(8-6-17)25(33)35-4/h5-12,21-22,26,30H,13-16H2,1-4H3,(H,28,32)(H,29,31). The lowest BCUT2D eigenvalue weighted by molar-refractivity contribution is -0.258. The van der Waals surface area contributed by atoms with E-state index in [1.807, 2.05) is 26.0 Å². The number of hydrogen-bond acceptors (Lipinski definition) is 8. The maximum atomic E-state index is 12.9. The van der Waals surface area contributed by atoms with Crippen molar-refractivity contribution in [3.8, 4) is 5.75 Å². The molecule has 2 aromatic rings. The first-order valence-corrected chi connectivity index (χ1v) is 12.0. The number of hydrogen-bond donors (Lipinski definition) is 3. The summed E-state index contributed by atoms with van der Waals surface area (Å²) in [7, 11) is 2.88. The summed E-state index contributed by atoms with van der Waals surface area (Å²) in [4.78, 5) is 36.7. The lowest BCUT2D eigenvalue weighted by Gasteiger charge is -2.41. The number of carbonyl (C=O) groups excluding carboxylic acids is 3. The molecule has 1 saturated heterocycles. The van der Waals surface area contributed by atoms with Crippen molar-refractivity contribution in [3.63, 3.8) is 0 Å². The molecule has 3 N–H and O–H groups in total. The summed E-state index contributed by atoms with van der Waals surface area (Å²) in [5.41, 5.74) is 1.35. The highest BCUT2D eigenvalue weighted by atomic mass is 16.7. The van der Waals surface area contributed by atoms with Gasteiger partial charge in [-0.15, -0.1) is 0 Å². The van der Waals surface area contributed by atoms with Crippen LogP contribution >= 0.6 is 0 Å². The average molecular weight is 515 g/mol. The second-order valence-corrected chi connectivity index (χ2v) is 9.42. The molecule has 1 aliphatic heterocycles. The maximum Gasteiger partial charge on any atom is 0.337 e. The van der Waals surface area contributed by atoms with Gasteiger partial charge in [0.2, 0.25) is 11.8 Å². The van der Waals surface area contributed by atoms with Crippen molar-refractivity contribution in [3.05, 3.63) is 65.2 Å². The molecule has 0 spiro atoms. The molecule has 1 heterocycles. The van der Waals surface area contributed by atoms with Crippen LogP contribution in [0.25, 0.3) is 0 Å². The quantitative estimate of drug-likeness (QED) is 0.411. The number of amides is 2. The van der Waals surface area contributed by atoms with E-state index in [1.54, 1.807) is 43.5 Å². The van der Waals surface area contributed by atoms with Gasteiger partial charge in [-0.1, -0.05) is 38.1 Å². The van der Waals surface area contributed by atoms with Crippen LogP contribution in [-0.4, -0.2) is 62.5 Å². The molecule has 0 aromatic heterocycles. The largest absolute Gasteiger partial charge is 0.497 e. The SMILES string of the molecule is COC(=O)c1ccc(CNC(=O)C(O)CCNC(=O)C2OC(c3ccc(OC)cc3)OCC2(C)C)cc1. The van der Waals surface area contributed by atoms with Crippen LogP contribution in [0.3, 0.4) is 0 Å². The molecule has 0 radical (unpaired) electrons. The predicted molar refractivity (Wildman–Crippen MR) is 134 cm³/mol. The molecule has 200 valence electrons. The van der Waals surface area contributed by atoms with Crippen LogP contribution in [0, 0.1) is 5.41 Å². The van der Waals surface area contributed by atoms with Crippen LogP contribution in [0.2, 0.25) is 0 Å². The zero-order valence-electron chi connectivity index (χ0n) is 21.5. The van der Waals surface area contributed by atoms with Gasteiger partial charge in [0.05, 0.1) is 26.4 Å². The summed E-state index contributed by atoms with van der Waals surface area (Å²) in [6, 6.07) is 13.8. The predicted octanol–water partition coefficient (Wildman–Crippen LogP) is 2.11. The first kappa shape index (κ1) is 28.1. The molecule has 10 heteroatoms. The van der Waals surface area contributed by atoms with Crippen LogP contribution in [-0.2, 0) is 30.3 Å². The Hall–Kier alpha value is -3.47. The molecule has 0 aliphatic carbocycles. The lowest BCUT2D eigenvalue weighted by atomic mass is 9.85. The minimum Gasteiger partial charge on any atom is -0.497 e. The number of esters is 1. The van der Waals surface area contributed by atoms with Gasteiger partial charge in [0, 0.05) is 24.1 Å². The minimum absolute atomic E-state index is 0.0322. The van der Waals surface area contributed by atoms with Gasteiger partial charge in [0.15, 0.2) is 6.29 Å². The van der Waals surface area contributed by atoms with Crippen molar-refractivity contribution in [1.29, 1.82) is 0 Å². The van der Waals surface area contributed by atoms with Crippen molar-refractivity contribution in [2.45, 2.75) is 45.3 Å². The first-order valence-electron chi connectivity index (χ1n) is 12.0. The first-order chi connectivity index (χ1) is 17.6. The topological polar surface area (TPSA) is 132 Å². The fraction of sp³-hybridized carbons (Fsp3) is 0.444. The molecule has 10 nitrogen and oxygen atoms in total. The van der Waals surface area contributed by atoms with Gasteiger partial charge in [0.1, 0.15) is 18.0 Å². The molecule has 1 aliphatic rings. The minimum atomic E-state index is -1.30. The number of rotatable bonds is 10. The molecule has 3 unspecified atom stereocenters. The Kier molecular flexibility index (Phi) is 9.62. The molecule has 2 amide bonds. The Morgan fingerprint density at radius 1 is 1.05 bits per heavy atom. The van der Waals surface area contributed by atoms with Gasteiger partial charge in [-0.3, -0.25) is 9.59 Å². The normalized spacial score (nSPS) is 19.4. The van der Waals surface area contributed by atoms with E-state index in [2.05, 4.69) is 15.4 Å². The van der Waals surface area contributed by atoms with Crippen molar-refractivity contribution in [2.24, 2.45) is 5.41 Å². The van der Waals surface area contributed by atoms with Crippen molar-refractivity contribution in [1.82, 2.24) is 10.6 Å². The monoisotopic (exact) mass is 514 g/mol. The number of nitrogens with one attached hydrogen (secondary N) is 2. The summed E-state index contributed by atoms with van der Waals surface area (Å²) in [5, 5.41) is 15.6. The van der Waals surface area contributed by atoms with E-state index in [1.165, 1.54) is 7.11 Å². The fourth-order valence-corrected chi connectivity index (χ4v) is 3.81. The van der Waals surface area contributed by atoms with E-state index >= 15 is 0 Å².